The largest absolute Gasteiger partial charge is 0.497 e. The molecule has 2 aromatic rings. The molecule has 0 aliphatic carbocycles. The van der Waals surface area contributed by atoms with Gasteiger partial charge in [-0.1, -0.05) is 18.2 Å². The van der Waals surface area contributed by atoms with Crippen LogP contribution in [0.3, 0.4) is 0 Å². The van der Waals surface area contributed by atoms with E-state index in [-0.39, 0.29) is 18.2 Å². The Morgan fingerprint density at radius 3 is 2.45 bits per heavy atom. The average Bonchev–Trinajstić information content (AvgIpc) is 3.27. The lowest BCUT2D eigenvalue weighted by Gasteiger charge is -2.36. The van der Waals surface area contributed by atoms with Crippen molar-refractivity contribution in [3.63, 3.8) is 0 Å². The fourth-order valence-electron chi connectivity index (χ4n) is 3.94. The quantitative estimate of drug-likeness (QED) is 0.736. The van der Waals surface area contributed by atoms with Crippen molar-refractivity contribution in [2.24, 2.45) is 0 Å². The minimum atomic E-state index is -0.354. The van der Waals surface area contributed by atoms with Crippen molar-refractivity contribution < 1.29 is 19.0 Å². The molecule has 0 bridgehead atoms. The molecular formula is C24H31N3O4. The van der Waals surface area contributed by atoms with Crippen LogP contribution in [0, 0.1) is 0 Å². The Morgan fingerprint density at radius 2 is 1.74 bits per heavy atom. The highest BCUT2D eigenvalue weighted by molar-refractivity contribution is 5.78. The van der Waals surface area contributed by atoms with E-state index < -0.39 is 0 Å². The molecule has 2 aliphatic rings. The van der Waals surface area contributed by atoms with Crippen LogP contribution in [0.25, 0.3) is 0 Å². The summed E-state index contributed by atoms with van der Waals surface area (Å²) in [7, 11) is 1.68. The number of fused-ring (bicyclic) bond motifs is 1. The fraction of sp³-hybridized carbons (Fsp3) is 0.458. The van der Waals surface area contributed by atoms with Crippen LogP contribution in [0.1, 0.15) is 25.0 Å². The normalized spacial score (nSPS) is 16.4. The second kappa shape index (κ2) is 9.16. The maximum Gasteiger partial charge on any atom is 0.236 e. The van der Waals surface area contributed by atoms with E-state index in [0.717, 1.165) is 55.5 Å². The van der Waals surface area contributed by atoms with Crippen LogP contribution in [-0.2, 0) is 16.9 Å². The summed E-state index contributed by atoms with van der Waals surface area (Å²) in [5.74, 6) is 2.53. The van der Waals surface area contributed by atoms with Crippen molar-refractivity contribution >= 4 is 5.91 Å². The number of carbonyl (C=O) groups is 1. The molecule has 2 heterocycles. The maximum absolute atomic E-state index is 12.8. The van der Waals surface area contributed by atoms with Crippen LogP contribution in [0.4, 0.5) is 0 Å². The van der Waals surface area contributed by atoms with E-state index >= 15 is 0 Å². The van der Waals surface area contributed by atoms with Gasteiger partial charge in [0.15, 0.2) is 11.5 Å². The van der Waals surface area contributed by atoms with Crippen molar-refractivity contribution in [2.75, 3.05) is 46.6 Å². The summed E-state index contributed by atoms with van der Waals surface area (Å²) in [6, 6.07) is 14.1. The Bertz CT molecular complexity index is 906. The molecule has 0 atom stereocenters. The molecule has 0 aromatic heterocycles. The zero-order valence-corrected chi connectivity index (χ0v) is 18.5. The van der Waals surface area contributed by atoms with Gasteiger partial charge in [-0.3, -0.25) is 15.0 Å². The van der Waals surface area contributed by atoms with Gasteiger partial charge in [-0.25, -0.2) is 0 Å². The third kappa shape index (κ3) is 5.11. The maximum atomic E-state index is 12.8. The summed E-state index contributed by atoms with van der Waals surface area (Å²) >= 11 is 0. The number of methoxy groups -OCH3 is 1. The van der Waals surface area contributed by atoms with Gasteiger partial charge >= 0.3 is 0 Å². The molecule has 2 aliphatic heterocycles. The van der Waals surface area contributed by atoms with Crippen molar-refractivity contribution in [1.82, 2.24) is 15.1 Å². The first-order chi connectivity index (χ1) is 14.9. The van der Waals surface area contributed by atoms with Gasteiger partial charge in [0, 0.05) is 38.3 Å². The highest BCUT2D eigenvalue weighted by atomic mass is 16.7. The van der Waals surface area contributed by atoms with Crippen LogP contribution in [0.5, 0.6) is 17.2 Å². The summed E-state index contributed by atoms with van der Waals surface area (Å²) in [6.07, 6.45) is 0. The molecule has 1 N–H and O–H groups in total. The van der Waals surface area contributed by atoms with E-state index in [1.165, 1.54) is 5.56 Å². The molecule has 31 heavy (non-hydrogen) atoms. The number of ether oxygens (including phenoxy) is 3. The van der Waals surface area contributed by atoms with Gasteiger partial charge in [0.2, 0.25) is 12.7 Å². The van der Waals surface area contributed by atoms with Gasteiger partial charge in [-0.15, -0.1) is 0 Å². The standard InChI is InChI=1S/C24H31N3O4/c1-24(2,19-6-9-21-22(14-19)31-17-30-21)25-15-23(28)27-12-10-26(11-13-27)16-18-4-7-20(29-3)8-5-18/h4-9,14,25H,10-13,15-17H2,1-3H3. The van der Waals surface area contributed by atoms with Crippen LogP contribution >= 0.6 is 0 Å². The lowest BCUT2D eigenvalue weighted by Crippen LogP contribution is -2.52. The number of piperazine rings is 1. The number of hydrogen-bond acceptors (Lipinski definition) is 6. The Morgan fingerprint density at radius 1 is 1.03 bits per heavy atom. The molecule has 2 aromatic carbocycles. The first-order valence-electron chi connectivity index (χ1n) is 10.7. The second-order valence-corrected chi connectivity index (χ2v) is 8.55. The molecule has 0 saturated carbocycles. The summed E-state index contributed by atoms with van der Waals surface area (Å²) in [5.41, 5.74) is 1.97. The Hall–Kier alpha value is -2.77. The monoisotopic (exact) mass is 425 g/mol. The summed E-state index contributed by atoms with van der Waals surface area (Å²) in [6.45, 7) is 8.86. The molecule has 1 amide bonds. The van der Waals surface area contributed by atoms with E-state index in [2.05, 4.69) is 36.2 Å². The van der Waals surface area contributed by atoms with Gasteiger partial charge in [0.25, 0.3) is 0 Å². The molecule has 7 nitrogen and oxygen atoms in total. The lowest BCUT2D eigenvalue weighted by atomic mass is 9.94. The molecule has 1 fully saturated rings. The van der Waals surface area contributed by atoms with Crippen LogP contribution in [-0.4, -0.2) is 62.3 Å². The number of benzene rings is 2. The van der Waals surface area contributed by atoms with E-state index in [9.17, 15) is 4.79 Å². The van der Waals surface area contributed by atoms with Crippen LogP contribution < -0.4 is 19.5 Å². The van der Waals surface area contributed by atoms with E-state index in [0.29, 0.717) is 6.54 Å². The van der Waals surface area contributed by atoms with Crippen molar-refractivity contribution in [3.05, 3.63) is 53.6 Å². The van der Waals surface area contributed by atoms with Gasteiger partial charge in [-0.2, -0.15) is 0 Å². The Kier molecular flexibility index (Phi) is 6.34. The van der Waals surface area contributed by atoms with E-state index in [1.54, 1.807) is 7.11 Å². The predicted octanol–water partition coefficient (Wildman–Crippen LogP) is 2.59. The summed E-state index contributed by atoms with van der Waals surface area (Å²) in [4.78, 5) is 17.1. The molecule has 166 valence electrons. The zero-order chi connectivity index (χ0) is 21.8. The second-order valence-electron chi connectivity index (χ2n) is 8.55. The number of hydrogen-bond donors (Lipinski definition) is 1. The number of nitrogens with one attached hydrogen (secondary N) is 1. The Labute approximate surface area is 183 Å². The molecule has 0 unspecified atom stereocenters. The lowest BCUT2D eigenvalue weighted by molar-refractivity contribution is -0.132. The molecule has 4 rings (SSSR count). The fourth-order valence-corrected chi connectivity index (χ4v) is 3.94. The third-order valence-corrected chi connectivity index (χ3v) is 6.07. The van der Waals surface area contributed by atoms with Crippen molar-refractivity contribution in [1.29, 1.82) is 0 Å². The number of amides is 1. The van der Waals surface area contributed by atoms with E-state index in [4.69, 9.17) is 14.2 Å². The smallest absolute Gasteiger partial charge is 0.236 e. The SMILES string of the molecule is COc1ccc(CN2CCN(C(=O)CNC(C)(C)c3ccc4c(c3)OCO4)CC2)cc1. The molecule has 1 saturated heterocycles. The van der Waals surface area contributed by atoms with Crippen molar-refractivity contribution in [2.45, 2.75) is 25.9 Å². The van der Waals surface area contributed by atoms with Crippen LogP contribution in [0.15, 0.2) is 42.5 Å². The highest BCUT2D eigenvalue weighted by Gasteiger charge is 2.26. The van der Waals surface area contributed by atoms with Crippen LogP contribution in [0.2, 0.25) is 0 Å². The minimum Gasteiger partial charge on any atom is -0.497 e. The van der Waals surface area contributed by atoms with Gasteiger partial charge < -0.3 is 19.1 Å². The molecular weight excluding hydrogens is 394 g/mol. The summed E-state index contributed by atoms with van der Waals surface area (Å²) < 4.78 is 16.1. The third-order valence-electron chi connectivity index (χ3n) is 6.07. The number of nitrogens with zero attached hydrogens (tertiary/aromatic N) is 2. The van der Waals surface area contributed by atoms with Gasteiger partial charge in [0.1, 0.15) is 5.75 Å². The number of carbonyl (C=O) groups excluding carboxylic acids is 1. The first kappa shape index (κ1) is 21.5. The van der Waals surface area contributed by atoms with E-state index in [1.807, 2.05) is 35.2 Å². The van der Waals surface area contributed by atoms with Crippen molar-refractivity contribution in [3.8, 4) is 17.2 Å². The zero-order valence-electron chi connectivity index (χ0n) is 18.5. The summed E-state index contributed by atoms with van der Waals surface area (Å²) in [5, 5.41) is 3.41. The topological polar surface area (TPSA) is 63.3 Å². The molecule has 0 radical (unpaired) electrons. The molecule has 7 heteroatoms. The van der Waals surface area contributed by atoms with Gasteiger partial charge in [-0.05, 0) is 49.2 Å². The van der Waals surface area contributed by atoms with Gasteiger partial charge in [0.05, 0.1) is 13.7 Å². The highest BCUT2D eigenvalue weighted by Crippen LogP contribution is 2.35. The molecule has 0 spiro atoms. The minimum absolute atomic E-state index is 0.137. The Balaban J connectivity index is 1.25. The first-order valence-corrected chi connectivity index (χ1v) is 10.7. The number of rotatable bonds is 7. The average molecular weight is 426 g/mol. The predicted molar refractivity (Wildman–Crippen MR) is 118 cm³/mol.